The Kier molecular flexibility index (Phi) is 70.5. The monoisotopic (exact) mass is 271 g/mol. The summed E-state index contributed by atoms with van der Waals surface area (Å²) in [6.45, 7) is 23.0. The number of carbonyl (C=O) groups is 1. The minimum atomic E-state index is 0.167. The summed E-state index contributed by atoms with van der Waals surface area (Å²) in [7, 11) is 0. The minimum absolute atomic E-state index is 0.167. The summed E-state index contributed by atoms with van der Waals surface area (Å²) in [5.74, 6) is 0.167. The van der Waals surface area contributed by atoms with Crippen LogP contribution in [0.15, 0.2) is 37.6 Å². The first-order valence-electron chi connectivity index (χ1n) is 7.00. The molecule has 0 spiro atoms. The van der Waals surface area contributed by atoms with Crippen molar-refractivity contribution in [1.82, 2.24) is 0 Å². The van der Waals surface area contributed by atoms with E-state index in [-0.39, 0.29) is 5.78 Å². The zero-order valence-electron chi connectivity index (χ0n) is 14.4. The maximum atomic E-state index is 9.44. The van der Waals surface area contributed by atoms with E-state index in [9.17, 15) is 4.79 Å². The minimum Gasteiger partial charge on any atom is -0.399 e. The van der Waals surface area contributed by atoms with Crippen molar-refractivity contribution in [3.63, 3.8) is 0 Å². The molecule has 0 saturated carbocycles. The molecule has 0 aliphatic heterocycles. The predicted octanol–water partition coefficient (Wildman–Crippen LogP) is 5.66. The second-order valence-electron chi connectivity index (χ2n) is 3.29. The van der Waals surface area contributed by atoms with Crippen molar-refractivity contribution in [3.8, 4) is 0 Å². The zero-order chi connectivity index (χ0) is 16.7. The molecule has 0 radical (unpaired) electrons. The van der Waals surface area contributed by atoms with Gasteiger partial charge in [0.15, 0.2) is 0 Å². The number of rotatable bonds is 3. The summed E-state index contributed by atoms with van der Waals surface area (Å²) >= 11 is 0. The lowest BCUT2D eigenvalue weighted by atomic mass is 10.4. The van der Waals surface area contributed by atoms with E-state index in [4.69, 9.17) is 5.73 Å². The largest absolute Gasteiger partial charge is 0.399 e. The molecule has 2 nitrogen and oxygen atoms in total. The maximum Gasteiger partial charge on any atom is 0.126 e. The van der Waals surface area contributed by atoms with Gasteiger partial charge in [-0.2, -0.15) is 0 Å². The van der Waals surface area contributed by atoms with E-state index in [0.717, 1.165) is 6.42 Å². The highest BCUT2D eigenvalue weighted by Gasteiger charge is 1.67. The topological polar surface area (TPSA) is 43.1 Å². The highest BCUT2D eigenvalue weighted by atomic mass is 16.1. The van der Waals surface area contributed by atoms with Gasteiger partial charge in [0.2, 0.25) is 0 Å². The van der Waals surface area contributed by atoms with Gasteiger partial charge in [0.05, 0.1) is 0 Å². The normalized spacial score (nSPS) is 7.11. The average Bonchev–Trinajstić information content (AvgIpc) is 2.40. The second-order valence-corrected chi connectivity index (χ2v) is 3.29. The molecule has 0 rings (SSSR count). The fraction of sp³-hybridized carbons (Fsp3) is 0.588. The van der Waals surface area contributed by atoms with Crippen molar-refractivity contribution >= 4 is 5.78 Å². The molecule has 116 valence electrons. The first-order chi connectivity index (χ1) is 8.92. The van der Waals surface area contributed by atoms with Crippen LogP contribution in [0.5, 0.6) is 0 Å². The lowest BCUT2D eigenvalue weighted by molar-refractivity contribution is -0.114. The highest BCUT2D eigenvalue weighted by Crippen LogP contribution is 1.82. The van der Waals surface area contributed by atoms with E-state index < -0.39 is 0 Å². The van der Waals surface area contributed by atoms with E-state index in [0.29, 0.717) is 5.70 Å². The molecule has 0 aliphatic carbocycles. The average molecular weight is 271 g/mol. The molecule has 0 amide bonds. The van der Waals surface area contributed by atoms with Gasteiger partial charge >= 0.3 is 0 Å². The molecule has 0 aromatic heterocycles. The van der Waals surface area contributed by atoms with Crippen LogP contribution in [0.3, 0.4) is 0 Å². The Morgan fingerprint density at radius 3 is 1.37 bits per heavy atom. The van der Waals surface area contributed by atoms with Gasteiger partial charge in [-0.05, 0) is 26.3 Å². The van der Waals surface area contributed by atoms with E-state index in [1.165, 1.54) is 26.7 Å². The molecule has 19 heavy (non-hydrogen) atoms. The number of Topliss-reactive ketones (excluding diaryl/α,β-unsaturated/α-hetero) is 1. The van der Waals surface area contributed by atoms with Crippen molar-refractivity contribution in [1.29, 1.82) is 0 Å². The van der Waals surface area contributed by atoms with E-state index in [2.05, 4.69) is 40.5 Å². The van der Waals surface area contributed by atoms with Crippen LogP contribution >= 0.6 is 0 Å². The fourth-order valence-electron chi connectivity index (χ4n) is 0.269. The van der Waals surface area contributed by atoms with E-state index in [1.807, 2.05) is 19.9 Å². The third-order valence-electron chi connectivity index (χ3n) is 1.07. The fourth-order valence-corrected chi connectivity index (χ4v) is 0.269. The summed E-state index contributed by atoms with van der Waals surface area (Å²) in [5.41, 5.74) is 5.82. The van der Waals surface area contributed by atoms with Crippen LogP contribution in [0.2, 0.25) is 0 Å². The van der Waals surface area contributed by atoms with Gasteiger partial charge in [-0.1, -0.05) is 60.1 Å². The smallest absolute Gasteiger partial charge is 0.126 e. The van der Waals surface area contributed by atoms with Crippen molar-refractivity contribution < 1.29 is 4.79 Å². The molecule has 2 N–H and O–H groups in total. The zero-order valence-corrected chi connectivity index (χ0v) is 14.4. The lowest BCUT2D eigenvalue weighted by Gasteiger charge is -1.81. The molecule has 0 atom stereocenters. The van der Waals surface area contributed by atoms with E-state index in [1.54, 1.807) is 6.08 Å². The molecule has 2 heteroatoms. The first kappa shape index (κ1) is 30.6. The lowest BCUT2D eigenvalue weighted by Crippen LogP contribution is -1.87. The Balaban J connectivity index is -0.0000000475. The first-order valence-corrected chi connectivity index (χ1v) is 7.00. The Labute approximate surface area is 122 Å². The van der Waals surface area contributed by atoms with Crippen LogP contribution < -0.4 is 5.73 Å². The Hall–Kier alpha value is -1.31. The van der Waals surface area contributed by atoms with Crippen LogP contribution in [-0.2, 0) is 4.79 Å². The van der Waals surface area contributed by atoms with Crippen molar-refractivity contribution in [2.75, 3.05) is 0 Å². The third-order valence-corrected chi connectivity index (χ3v) is 1.07. The maximum absolute atomic E-state index is 9.44. The number of ketones is 1. The van der Waals surface area contributed by atoms with Crippen molar-refractivity contribution in [2.45, 2.75) is 67.7 Å². The molecule has 0 aromatic carbocycles. The molecular formula is C17H37NO. The van der Waals surface area contributed by atoms with Gasteiger partial charge in [0.25, 0.3) is 0 Å². The Bertz CT molecular complexity index is 178. The Morgan fingerprint density at radius 2 is 1.32 bits per heavy atom. The van der Waals surface area contributed by atoms with Crippen molar-refractivity contribution in [2.24, 2.45) is 5.73 Å². The quantitative estimate of drug-likeness (QED) is 0.532. The second kappa shape index (κ2) is 43.8. The van der Waals surface area contributed by atoms with Gasteiger partial charge in [-0.3, -0.25) is 0 Å². The van der Waals surface area contributed by atoms with Crippen LogP contribution in [0.1, 0.15) is 67.7 Å². The SMILES string of the molecule is C=C.C=C(N)/C=C/CC.CC.CC(C)=O.CCCC. The Morgan fingerprint density at radius 1 is 1.05 bits per heavy atom. The number of allylic oxidation sites excluding steroid dienone is 2. The molecule has 0 bridgehead atoms. The number of hydrogen-bond acceptors (Lipinski definition) is 2. The van der Waals surface area contributed by atoms with Crippen molar-refractivity contribution in [3.05, 3.63) is 37.6 Å². The summed E-state index contributed by atoms with van der Waals surface area (Å²) in [4.78, 5) is 9.44. The van der Waals surface area contributed by atoms with Crippen LogP contribution in [0.25, 0.3) is 0 Å². The summed E-state index contributed by atoms with van der Waals surface area (Å²) in [5, 5.41) is 0. The number of nitrogens with two attached hydrogens (primary N) is 1. The van der Waals surface area contributed by atoms with Gasteiger partial charge in [-0.25, -0.2) is 0 Å². The summed E-state index contributed by atoms with van der Waals surface area (Å²) in [6, 6.07) is 0. The van der Waals surface area contributed by atoms with Crippen LogP contribution in [0, 0.1) is 0 Å². The van der Waals surface area contributed by atoms with Crippen LogP contribution in [-0.4, -0.2) is 5.78 Å². The predicted molar refractivity (Wildman–Crippen MR) is 92.3 cm³/mol. The van der Waals surface area contributed by atoms with Gasteiger partial charge in [-0.15, -0.1) is 13.2 Å². The van der Waals surface area contributed by atoms with Gasteiger partial charge in [0.1, 0.15) is 5.78 Å². The number of unbranched alkanes of at least 4 members (excludes halogenated alkanes) is 1. The molecule has 0 aliphatic rings. The number of hydrogen-bond donors (Lipinski definition) is 1. The highest BCUT2D eigenvalue weighted by molar-refractivity contribution is 5.72. The molecule has 0 saturated heterocycles. The van der Waals surface area contributed by atoms with Crippen LogP contribution in [0.4, 0.5) is 0 Å². The molecular weight excluding hydrogens is 234 g/mol. The molecule has 0 heterocycles. The standard InChI is InChI=1S/C6H11N.C4H10.C3H6O.C2H6.C2H4/c1-3-4-5-6(2)7;1-3-4-2;1-3(2)4;2*1-2/h4-5H,2-3,7H2,1H3;3-4H2,1-2H3;1-2H3;1-2H3;1-2H2/b5-4+;;;;. The number of carbonyl (C=O) groups excluding carboxylic acids is 1. The molecule has 0 fully saturated rings. The molecule has 0 unspecified atom stereocenters. The summed E-state index contributed by atoms with van der Waals surface area (Å²) in [6.07, 6.45) is 7.44. The van der Waals surface area contributed by atoms with Gasteiger partial charge < -0.3 is 10.5 Å². The summed E-state index contributed by atoms with van der Waals surface area (Å²) < 4.78 is 0. The third kappa shape index (κ3) is 265. The van der Waals surface area contributed by atoms with Gasteiger partial charge in [0, 0.05) is 5.70 Å². The van der Waals surface area contributed by atoms with E-state index >= 15 is 0 Å². The molecule has 0 aromatic rings.